The van der Waals surface area contributed by atoms with Crippen molar-refractivity contribution >= 4 is 11.7 Å². The number of nitrogens with zero attached hydrogens (tertiary/aromatic N) is 5. The second kappa shape index (κ2) is 5.16. The summed E-state index contributed by atoms with van der Waals surface area (Å²) in [5, 5.41) is 9.00. The van der Waals surface area contributed by atoms with Gasteiger partial charge in [-0.15, -0.1) is 0 Å². The van der Waals surface area contributed by atoms with Crippen molar-refractivity contribution in [1.82, 2.24) is 14.9 Å². The second-order valence-corrected chi connectivity index (χ2v) is 5.81. The topological polar surface area (TPSA) is 73.1 Å². The number of likely N-dealkylation sites (N-methyl/N-ethyl adjacent to an activating group) is 1. The van der Waals surface area contributed by atoms with E-state index in [-0.39, 0.29) is 30.5 Å². The summed E-state index contributed by atoms with van der Waals surface area (Å²) < 4.78 is 25.7. The lowest BCUT2D eigenvalue weighted by Crippen LogP contribution is -2.62. The summed E-state index contributed by atoms with van der Waals surface area (Å²) in [6, 6.07) is 1.93. The first-order chi connectivity index (χ1) is 10.4. The lowest BCUT2D eigenvalue weighted by atomic mass is 9.80. The smallest absolute Gasteiger partial charge is 0.249 e. The minimum atomic E-state index is -2.69. The average Bonchev–Trinajstić information content (AvgIpc) is 2.42. The number of nitriles is 1. The summed E-state index contributed by atoms with van der Waals surface area (Å²) >= 11 is 0. The van der Waals surface area contributed by atoms with Crippen LogP contribution in [0.25, 0.3) is 0 Å². The molecule has 1 saturated heterocycles. The Morgan fingerprint density at radius 1 is 1.41 bits per heavy atom. The van der Waals surface area contributed by atoms with Crippen molar-refractivity contribution in [1.29, 1.82) is 5.26 Å². The molecule has 2 aliphatic rings. The molecule has 1 aliphatic carbocycles. The van der Waals surface area contributed by atoms with Crippen molar-refractivity contribution in [2.75, 3.05) is 25.0 Å². The normalized spacial score (nSPS) is 20.7. The van der Waals surface area contributed by atoms with E-state index in [2.05, 4.69) is 9.97 Å². The maximum absolute atomic E-state index is 12.9. The molecule has 0 spiro atoms. The molecule has 1 saturated carbocycles. The predicted octanol–water partition coefficient (Wildman–Crippen LogP) is 1.04. The van der Waals surface area contributed by atoms with Crippen LogP contribution in [0.3, 0.4) is 0 Å². The molecule has 0 bridgehead atoms. The van der Waals surface area contributed by atoms with Gasteiger partial charge in [0.2, 0.25) is 11.8 Å². The minimum Gasteiger partial charge on any atom is -0.350 e. The summed E-state index contributed by atoms with van der Waals surface area (Å²) in [5.74, 6) is -2.98. The van der Waals surface area contributed by atoms with Crippen LogP contribution in [0.2, 0.25) is 0 Å². The van der Waals surface area contributed by atoms with Crippen molar-refractivity contribution in [2.24, 2.45) is 5.92 Å². The Balaban J connectivity index is 1.57. The van der Waals surface area contributed by atoms with E-state index in [4.69, 9.17) is 5.26 Å². The highest BCUT2D eigenvalue weighted by Crippen LogP contribution is 2.43. The molecule has 0 aromatic carbocycles. The molecule has 0 N–H and O–H groups in total. The van der Waals surface area contributed by atoms with Gasteiger partial charge in [0.1, 0.15) is 6.07 Å². The molecule has 8 heteroatoms. The number of rotatable bonds is 3. The molecule has 22 heavy (non-hydrogen) atoms. The Morgan fingerprint density at radius 2 is 2.05 bits per heavy atom. The zero-order valence-corrected chi connectivity index (χ0v) is 12.0. The largest absolute Gasteiger partial charge is 0.350 e. The van der Waals surface area contributed by atoms with Crippen molar-refractivity contribution in [3.63, 3.8) is 0 Å². The van der Waals surface area contributed by atoms with Gasteiger partial charge in [-0.25, -0.2) is 18.7 Å². The van der Waals surface area contributed by atoms with E-state index in [9.17, 15) is 13.6 Å². The third-order valence-corrected chi connectivity index (χ3v) is 4.28. The summed E-state index contributed by atoms with van der Waals surface area (Å²) in [6.45, 7) is 1.05. The lowest BCUT2D eigenvalue weighted by Gasteiger charge is -2.46. The molecule has 1 aromatic rings. The summed E-state index contributed by atoms with van der Waals surface area (Å²) in [6.07, 6.45) is 2.26. The van der Waals surface area contributed by atoms with E-state index in [0.717, 1.165) is 0 Å². The molecule has 0 unspecified atom stereocenters. The molecule has 0 atom stereocenters. The SMILES string of the molecule is CN(C(=O)C1CC(F)(F)C1)C1CN(c2nccnc2C#N)C1. The van der Waals surface area contributed by atoms with Gasteiger partial charge in [0.05, 0.1) is 6.04 Å². The molecule has 2 fully saturated rings. The zero-order chi connectivity index (χ0) is 15.9. The van der Waals surface area contributed by atoms with Crippen LogP contribution in [0.1, 0.15) is 18.5 Å². The number of anilines is 1. The number of aromatic nitrogens is 2. The molecule has 116 valence electrons. The van der Waals surface area contributed by atoms with Crippen LogP contribution in [0.4, 0.5) is 14.6 Å². The number of alkyl halides is 2. The van der Waals surface area contributed by atoms with Crippen molar-refractivity contribution in [2.45, 2.75) is 24.8 Å². The van der Waals surface area contributed by atoms with Gasteiger partial charge >= 0.3 is 0 Å². The number of carbonyl (C=O) groups is 1. The number of halogens is 2. The molecule has 1 aromatic heterocycles. The third-order valence-electron chi connectivity index (χ3n) is 4.28. The molecule has 2 heterocycles. The maximum Gasteiger partial charge on any atom is 0.249 e. The van der Waals surface area contributed by atoms with Gasteiger partial charge in [-0.1, -0.05) is 0 Å². The fourth-order valence-electron chi connectivity index (χ4n) is 2.82. The molecule has 1 amide bonds. The maximum atomic E-state index is 12.9. The predicted molar refractivity (Wildman–Crippen MR) is 73.2 cm³/mol. The molecule has 3 rings (SSSR count). The molecule has 1 aliphatic heterocycles. The first-order valence-electron chi connectivity index (χ1n) is 7.02. The van der Waals surface area contributed by atoms with Crippen LogP contribution in [-0.2, 0) is 4.79 Å². The second-order valence-electron chi connectivity index (χ2n) is 5.81. The Kier molecular flexibility index (Phi) is 3.43. The number of hydrogen-bond acceptors (Lipinski definition) is 5. The average molecular weight is 307 g/mol. The number of hydrogen-bond donors (Lipinski definition) is 0. The molecular weight excluding hydrogens is 292 g/mol. The van der Waals surface area contributed by atoms with Gasteiger partial charge in [-0.2, -0.15) is 5.26 Å². The van der Waals surface area contributed by atoms with Gasteiger partial charge in [0.15, 0.2) is 11.5 Å². The van der Waals surface area contributed by atoms with Crippen LogP contribution < -0.4 is 4.90 Å². The Hall–Kier alpha value is -2.30. The zero-order valence-electron chi connectivity index (χ0n) is 12.0. The van der Waals surface area contributed by atoms with Crippen molar-refractivity contribution in [3.8, 4) is 6.07 Å². The summed E-state index contributed by atoms with van der Waals surface area (Å²) in [7, 11) is 1.64. The summed E-state index contributed by atoms with van der Waals surface area (Å²) in [4.78, 5) is 23.6. The fourth-order valence-corrected chi connectivity index (χ4v) is 2.82. The van der Waals surface area contributed by atoms with Crippen LogP contribution >= 0.6 is 0 Å². The van der Waals surface area contributed by atoms with Crippen LogP contribution in [0.5, 0.6) is 0 Å². The van der Waals surface area contributed by atoms with Crippen LogP contribution in [-0.4, -0.2) is 52.9 Å². The Labute approximate surface area is 126 Å². The van der Waals surface area contributed by atoms with Gasteiger partial charge in [0, 0.05) is 51.3 Å². The van der Waals surface area contributed by atoms with E-state index in [1.807, 2.05) is 11.0 Å². The Bertz CT molecular complexity index is 630. The van der Waals surface area contributed by atoms with Gasteiger partial charge < -0.3 is 9.80 Å². The molecule has 0 radical (unpaired) electrons. The van der Waals surface area contributed by atoms with Crippen molar-refractivity contribution < 1.29 is 13.6 Å². The van der Waals surface area contributed by atoms with Gasteiger partial charge in [0.25, 0.3) is 0 Å². The standard InChI is InChI=1S/C14H15F2N5O/c1-20(13(22)9-4-14(15,16)5-9)10-7-21(8-10)12-11(6-17)18-2-3-19-12/h2-3,9-10H,4-5,7-8H2,1H3. The molecule has 6 nitrogen and oxygen atoms in total. The Morgan fingerprint density at radius 3 is 2.64 bits per heavy atom. The third kappa shape index (κ3) is 2.47. The van der Waals surface area contributed by atoms with Crippen LogP contribution in [0.15, 0.2) is 12.4 Å². The van der Waals surface area contributed by atoms with E-state index in [1.165, 1.54) is 12.4 Å². The first-order valence-corrected chi connectivity index (χ1v) is 7.02. The van der Waals surface area contributed by atoms with E-state index in [1.54, 1.807) is 11.9 Å². The van der Waals surface area contributed by atoms with E-state index in [0.29, 0.717) is 18.9 Å². The highest BCUT2D eigenvalue weighted by molar-refractivity contribution is 5.80. The lowest BCUT2D eigenvalue weighted by molar-refractivity contribution is -0.160. The monoisotopic (exact) mass is 307 g/mol. The van der Waals surface area contributed by atoms with Crippen molar-refractivity contribution in [3.05, 3.63) is 18.1 Å². The minimum absolute atomic E-state index is 0.0460. The first kappa shape index (κ1) is 14.6. The van der Waals surface area contributed by atoms with Gasteiger partial charge in [-0.3, -0.25) is 4.79 Å². The van der Waals surface area contributed by atoms with E-state index < -0.39 is 11.8 Å². The molecular formula is C14H15F2N5O. The number of carbonyl (C=O) groups excluding carboxylic acids is 1. The van der Waals surface area contributed by atoms with Gasteiger partial charge in [-0.05, 0) is 0 Å². The summed E-state index contributed by atoms with van der Waals surface area (Å²) in [5.41, 5.74) is 0.244. The van der Waals surface area contributed by atoms with Crippen LogP contribution in [0, 0.1) is 17.2 Å². The number of amides is 1. The quantitative estimate of drug-likeness (QED) is 0.834. The fraction of sp³-hybridized carbons (Fsp3) is 0.571. The highest BCUT2D eigenvalue weighted by atomic mass is 19.3. The highest BCUT2D eigenvalue weighted by Gasteiger charge is 2.50. The van der Waals surface area contributed by atoms with E-state index >= 15 is 0 Å².